The third-order valence-electron chi connectivity index (χ3n) is 4.57. The zero-order valence-corrected chi connectivity index (χ0v) is 16.6. The van der Waals surface area contributed by atoms with Gasteiger partial charge in [0.05, 0.1) is 22.5 Å². The van der Waals surface area contributed by atoms with Crippen molar-refractivity contribution in [2.24, 2.45) is 15.0 Å². The minimum absolute atomic E-state index is 0.277. The van der Waals surface area contributed by atoms with Crippen molar-refractivity contribution in [1.82, 2.24) is 4.57 Å². The highest BCUT2D eigenvalue weighted by Gasteiger charge is 2.11. The van der Waals surface area contributed by atoms with Gasteiger partial charge in [-0.05, 0) is 35.4 Å². The van der Waals surface area contributed by atoms with Gasteiger partial charge >= 0.3 is 0 Å². The molecule has 5 nitrogen and oxygen atoms in total. The Morgan fingerprint density at radius 2 is 2.04 bits per heavy atom. The van der Waals surface area contributed by atoms with Crippen LogP contribution in [0.15, 0.2) is 63.5 Å². The number of hydrogen-bond acceptors (Lipinski definition) is 5. The van der Waals surface area contributed by atoms with E-state index in [0.29, 0.717) is 6.54 Å². The molecule has 28 heavy (non-hydrogen) atoms. The highest BCUT2D eigenvalue weighted by Crippen LogP contribution is 2.21. The lowest BCUT2D eigenvalue weighted by Crippen LogP contribution is -2.14. The summed E-state index contributed by atoms with van der Waals surface area (Å²) in [5.74, 6) is 0.277. The van der Waals surface area contributed by atoms with E-state index < -0.39 is 0 Å². The zero-order chi connectivity index (χ0) is 19.3. The van der Waals surface area contributed by atoms with Crippen LogP contribution in [0.5, 0.6) is 5.88 Å². The Bertz CT molecular complexity index is 1190. The van der Waals surface area contributed by atoms with Crippen molar-refractivity contribution in [2.75, 3.05) is 0 Å². The monoisotopic (exact) mass is 390 g/mol. The third kappa shape index (κ3) is 3.97. The molecule has 3 aromatic rings. The molecule has 0 saturated carbocycles. The Balaban J connectivity index is 1.74. The molecule has 2 aromatic carbocycles. The molecule has 0 spiro atoms. The molecule has 0 fully saturated rings. The number of fused-ring (bicyclic) bond motifs is 1. The number of unbranched alkanes of at least 4 members (excludes halogenated alkanes) is 1. The second-order valence-corrected chi connectivity index (χ2v) is 7.65. The van der Waals surface area contributed by atoms with Crippen LogP contribution in [-0.2, 0) is 13.1 Å². The first-order chi connectivity index (χ1) is 13.7. The van der Waals surface area contributed by atoms with Crippen molar-refractivity contribution in [3.8, 4) is 5.88 Å². The molecule has 0 atom stereocenters. The Hall–Kier alpha value is -2.99. The van der Waals surface area contributed by atoms with Crippen molar-refractivity contribution in [3.63, 3.8) is 0 Å². The fourth-order valence-electron chi connectivity index (χ4n) is 3.04. The zero-order valence-electron chi connectivity index (χ0n) is 15.7. The van der Waals surface area contributed by atoms with Gasteiger partial charge < -0.3 is 5.11 Å². The van der Waals surface area contributed by atoms with Crippen molar-refractivity contribution < 1.29 is 5.11 Å². The van der Waals surface area contributed by atoms with Crippen LogP contribution in [0.25, 0.3) is 6.08 Å². The van der Waals surface area contributed by atoms with E-state index in [1.54, 1.807) is 6.34 Å². The van der Waals surface area contributed by atoms with E-state index in [2.05, 4.69) is 29.0 Å². The molecular formula is C22H22N4OS. The second-order valence-electron chi connectivity index (χ2n) is 6.65. The Morgan fingerprint density at radius 3 is 2.86 bits per heavy atom. The predicted octanol–water partition coefficient (Wildman–Crippen LogP) is 3.28. The predicted molar refractivity (Wildman–Crippen MR) is 114 cm³/mol. The number of thiazole rings is 1. The summed E-state index contributed by atoms with van der Waals surface area (Å²) in [6.07, 6.45) is 5.61. The van der Waals surface area contributed by atoms with E-state index in [1.807, 2.05) is 47.0 Å². The molecule has 0 unspecified atom stereocenters. The molecule has 0 amide bonds. The standard InChI is InChI=1S/C22H22N4OS/c1-2-3-11-26-21(27)20(13-17-9-10-18-19(12-17)25-15-24-18)28-22(26)23-14-16-7-5-4-6-8-16/h4-10,12-13,15,27H,2-3,11,14H2,1H3. The average molecular weight is 391 g/mol. The van der Waals surface area contributed by atoms with Crippen molar-refractivity contribution in [3.05, 3.63) is 74.3 Å². The van der Waals surface area contributed by atoms with Gasteiger partial charge in [-0.2, -0.15) is 0 Å². The summed E-state index contributed by atoms with van der Waals surface area (Å²) < 4.78 is 1.92. The molecule has 142 valence electrons. The van der Waals surface area contributed by atoms with Crippen LogP contribution in [-0.4, -0.2) is 16.0 Å². The number of aliphatic imine (C=N–C) groups is 1. The number of aromatic nitrogens is 1. The first-order valence-corrected chi connectivity index (χ1v) is 10.3. The topological polar surface area (TPSA) is 62.2 Å². The summed E-state index contributed by atoms with van der Waals surface area (Å²) in [6.45, 7) is 3.50. The van der Waals surface area contributed by atoms with E-state index in [1.165, 1.54) is 11.3 Å². The largest absolute Gasteiger partial charge is 0.493 e. The number of rotatable bonds is 6. The van der Waals surface area contributed by atoms with E-state index in [9.17, 15) is 5.11 Å². The molecule has 0 bridgehead atoms. The molecule has 1 N–H and O–H groups in total. The van der Waals surface area contributed by atoms with Gasteiger partial charge in [0.1, 0.15) is 6.34 Å². The maximum absolute atomic E-state index is 10.8. The van der Waals surface area contributed by atoms with Gasteiger partial charge in [-0.25, -0.2) is 9.98 Å². The van der Waals surface area contributed by atoms with Crippen LogP contribution in [0.2, 0.25) is 0 Å². The number of aromatic hydroxyl groups is 1. The van der Waals surface area contributed by atoms with Crippen LogP contribution in [0.4, 0.5) is 5.69 Å². The molecule has 0 radical (unpaired) electrons. The molecule has 0 aliphatic carbocycles. The van der Waals surface area contributed by atoms with Gasteiger partial charge in [-0.1, -0.05) is 61.1 Å². The number of nitrogens with zero attached hydrogens (tertiary/aromatic N) is 4. The highest BCUT2D eigenvalue weighted by molar-refractivity contribution is 7.10. The van der Waals surface area contributed by atoms with Crippen LogP contribution in [0.3, 0.4) is 0 Å². The quantitative estimate of drug-likeness (QED) is 0.690. The lowest BCUT2D eigenvalue weighted by molar-refractivity contribution is 0.405. The van der Waals surface area contributed by atoms with Gasteiger partial charge in [0.15, 0.2) is 4.80 Å². The van der Waals surface area contributed by atoms with E-state index in [4.69, 9.17) is 4.99 Å². The van der Waals surface area contributed by atoms with Crippen molar-refractivity contribution >= 4 is 29.4 Å². The van der Waals surface area contributed by atoms with Crippen LogP contribution >= 0.6 is 11.3 Å². The fraction of sp³-hybridized carbons (Fsp3) is 0.227. The summed E-state index contributed by atoms with van der Waals surface area (Å²) in [5.41, 5.74) is 2.01. The third-order valence-corrected chi connectivity index (χ3v) is 5.63. The molecular weight excluding hydrogens is 368 g/mol. The molecule has 1 aliphatic rings. The molecule has 6 heteroatoms. The van der Waals surface area contributed by atoms with Crippen molar-refractivity contribution in [1.29, 1.82) is 0 Å². The Morgan fingerprint density at radius 1 is 1.18 bits per heavy atom. The van der Waals surface area contributed by atoms with E-state index in [-0.39, 0.29) is 5.88 Å². The minimum atomic E-state index is 0.277. The number of hydrogen-bond donors (Lipinski definition) is 1. The fourth-order valence-corrected chi connectivity index (χ4v) is 4.05. The molecule has 2 heterocycles. The molecule has 0 saturated heterocycles. The smallest absolute Gasteiger partial charge is 0.211 e. The number of benzene rings is 2. The van der Waals surface area contributed by atoms with Crippen LogP contribution < -0.4 is 15.4 Å². The van der Waals surface area contributed by atoms with Gasteiger partial charge in [-0.15, -0.1) is 0 Å². The maximum Gasteiger partial charge on any atom is 0.211 e. The minimum Gasteiger partial charge on any atom is -0.493 e. The molecule has 1 aliphatic heterocycles. The van der Waals surface area contributed by atoms with E-state index >= 15 is 0 Å². The molecule has 1 aromatic heterocycles. The first kappa shape index (κ1) is 18.4. The average Bonchev–Trinajstić information content (AvgIpc) is 3.30. The van der Waals surface area contributed by atoms with Crippen molar-refractivity contribution in [2.45, 2.75) is 32.9 Å². The summed E-state index contributed by atoms with van der Waals surface area (Å²) in [4.78, 5) is 14.9. The van der Waals surface area contributed by atoms with Gasteiger partial charge in [0.25, 0.3) is 0 Å². The second kappa shape index (κ2) is 8.35. The maximum atomic E-state index is 10.8. The van der Waals surface area contributed by atoms with Gasteiger partial charge in [0.2, 0.25) is 5.88 Å². The highest BCUT2D eigenvalue weighted by atomic mass is 32.1. The summed E-state index contributed by atoms with van der Waals surface area (Å²) in [6, 6.07) is 16.1. The lowest BCUT2D eigenvalue weighted by atomic mass is 10.2. The molecule has 4 rings (SSSR count). The summed E-state index contributed by atoms with van der Waals surface area (Å²) in [5, 5.41) is 12.7. The Kier molecular flexibility index (Phi) is 5.48. The van der Waals surface area contributed by atoms with Crippen LogP contribution in [0, 0.1) is 0 Å². The first-order valence-electron chi connectivity index (χ1n) is 9.44. The summed E-state index contributed by atoms with van der Waals surface area (Å²) in [7, 11) is 0. The SMILES string of the molecule is CCCCn1c(O)c(C=c2ccc3c(c2)N=CN=3)sc1=NCc1ccccc1. The van der Waals surface area contributed by atoms with Gasteiger partial charge in [0, 0.05) is 6.54 Å². The van der Waals surface area contributed by atoms with Crippen LogP contribution in [0.1, 0.15) is 30.2 Å². The Labute approximate surface area is 167 Å². The summed E-state index contributed by atoms with van der Waals surface area (Å²) >= 11 is 1.51. The van der Waals surface area contributed by atoms with Gasteiger partial charge in [-0.3, -0.25) is 9.56 Å². The van der Waals surface area contributed by atoms with E-state index in [0.717, 1.165) is 50.9 Å². The lowest BCUT2D eigenvalue weighted by Gasteiger charge is -2.03. The normalized spacial score (nSPS) is 13.8.